The molecule has 0 aromatic carbocycles. The lowest BCUT2D eigenvalue weighted by Gasteiger charge is -2.33. The average Bonchev–Trinajstić information content (AvgIpc) is 2.43. The highest BCUT2D eigenvalue weighted by Crippen LogP contribution is 2.20. The molecular weight excluding hydrogens is 258 g/mol. The maximum Gasteiger partial charge on any atom is 0.237 e. The number of morpholine rings is 1. The first-order valence-electron chi connectivity index (χ1n) is 7.16. The summed E-state index contributed by atoms with van der Waals surface area (Å²) < 4.78 is 5.23. The van der Waals surface area contributed by atoms with Crippen LogP contribution >= 0.6 is 0 Å². The summed E-state index contributed by atoms with van der Waals surface area (Å²) in [6, 6.07) is 0. The monoisotopic (exact) mass is 285 g/mol. The van der Waals surface area contributed by atoms with E-state index >= 15 is 0 Å². The van der Waals surface area contributed by atoms with Crippen LogP contribution in [0.3, 0.4) is 0 Å². The highest BCUT2D eigenvalue weighted by atomic mass is 16.5. The Balaban J connectivity index is 2.44. The fourth-order valence-corrected chi connectivity index (χ4v) is 2.08. The van der Waals surface area contributed by atoms with Crippen molar-refractivity contribution in [3.05, 3.63) is 0 Å². The van der Waals surface area contributed by atoms with Crippen molar-refractivity contribution < 1.29 is 14.3 Å². The van der Waals surface area contributed by atoms with Gasteiger partial charge in [0, 0.05) is 19.6 Å². The molecule has 20 heavy (non-hydrogen) atoms. The maximum absolute atomic E-state index is 12.4. The molecule has 1 fully saturated rings. The van der Waals surface area contributed by atoms with Crippen molar-refractivity contribution in [2.75, 3.05) is 53.5 Å². The van der Waals surface area contributed by atoms with Crippen molar-refractivity contribution in [3.63, 3.8) is 0 Å². The fraction of sp³-hybridized carbons (Fsp3) is 0.857. The lowest BCUT2D eigenvalue weighted by atomic mass is 9.90. The summed E-state index contributed by atoms with van der Waals surface area (Å²) in [6.07, 6.45) is 0.876. The molecular formula is C14H27N3O3. The van der Waals surface area contributed by atoms with Gasteiger partial charge in [-0.1, -0.05) is 0 Å². The van der Waals surface area contributed by atoms with Crippen molar-refractivity contribution in [2.24, 2.45) is 5.41 Å². The van der Waals surface area contributed by atoms with E-state index < -0.39 is 5.41 Å². The first-order valence-corrected chi connectivity index (χ1v) is 7.16. The zero-order valence-corrected chi connectivity index (χ0v) is 13.1. The van der Waals surface area contributed by atoms with Crippen LogP contribution in [0.25, 0.3) is 0 Å². The molecule has 0 atom stereocenters. The molecule has 0 spiro atoms. The van der Waals surface area contributed by atoms with Gasteiger partial charge in [-0.15, -0.1) is 0 Å². The molecule has 0 unspecified atom stereocenters. The Bertz CT molecular complexity index is 337. The molecule has 0 aliphatic carbocycles. The van der Waals surface area contributed by atoms with E-state index in [1.807, 2.05) is 14.1 Å². The normalized spacial score (nSPS) is 16.4. The van der Waals surface area contributed by atoms with Gasteiger partial charge in [0.15, 0.2) is 0 Å². The molecule has 1 rings (SSSR count). The van der Waals surface area contributed by atoms with Gasteiger partial charge in [-0.3, -0.25) is 9.59 Å². The summed E-state index contributed by atoms with van der Waals surface area (Å²) >= 11 is 0. The number of carbonyl (C=O) groups is 2. The summed E-state index contributed by atoms with van der Waals surface area (Å²) in [5.41, 5.74) is -1.02. The second-order valence-electron chi connectivity index (χ2n) is 5.94. The van der Waals surface area contributed by atoms with Gasteiger partial charge in [0.05, 0.1) is 13.2 Å². The van der Waals surface area contributed by atoms with Gasteiger partial charge < -0.3 is 19.9 Å². The maximum atomic E-state index is 12.4. The molecule has 0 aromatic rings. The van der Waals surface area contributed by atoms with E-state index in [4.69, 9.17) is 4.74 Å². The van der Waals surface area contributed by atoms with Crippen LogP contribution in [0.4, 0.5) is 0 Å². The molecule has 1 N–H and O–H groups in total. The molecule has 0 saturated carbocycles. The van der Waals surface area contributed by atoms with Gasteiger partial charge in [-0.05, 0) is 40.9 Å². The highest BCUT2D eigenvalue weighted by molar-refractivity contribution is 6.04. The Morgan fingerprint density at radius 1 is 1.25 bits per heavy atom. The Labute approximate surface area is 121 Å². The Morgan fingerprint density at radius 3 is 2.40 bits per heavy atom. The second kappa shape index (κ2) is 7.59. The zero-order valence-electron chi connectivity index (χ0n) is 13.1. The minimum Gasteiger partial charge on any atom is -0.378 e. The van der Waals surface area contributed by atoms with Gasteiger partial charge in [-0.25, -0.2) is 0 Å². The molecule has 0 bridgehead atoms. The van der Waals surface area contributed by atoms with E-state index in [-0.39, 0.29) is 11.8 Å². The lowest BCUT2D eigenvalue weighted by molar-refractivity contribution is -0.151. The van der Waals surface area contributed by atoms with Crippen molar-refractivity contribution in [2.45, 2.75) is 20.3 Å². The topological polar surface area (TPSA) is 61.9 Å². The molecule has 0 radical (unpaired) electrons. The smallest absolute Gasteiger partial charge is 0.237 e. The summed E-state index contributed by atoms with van der Waals surface area (Å²) in [5.74, 6) is -0.321. The number of hydrogen-bond donors (Lipinski definition) is 1. The first kappa shape index (κ1) is 16.9. The molecule has 2 amide bonds. The van der Waals surface area contributed by atoms with Crippen LogP contribution in [0.5, 0.6) is 0 Å². The molecule has 6 nitrogen and oxygen atoms in total. The molecule has 0 aromatic heterocycles. The third-order valence-electron chi connectivity index (χ3n) is 3.47. The van der Waals surface area contributed by atoms with Crippen LogP contribution in [-0.2, 0) is 14.3 Å². The SMILES string of the molecule is CN(C)CCCNC(=O)C(C)(C)C(=O)N1CCOCC1. The summed E-state index contributed by atoms with van der Waals surface area (Å²) in [4.78, 5) is 28.4. The minimum atomic E-state index is -1.02. The van der Waals surface area contributed by atoms with Gasteiger partial charge in [0.25, 0.3) is 0 Å². The van der Waals surface area contributed by atoms with Gasteiger partial charge in [0.2, 0.25) is 11.8 Å². The largest absolute Gasteiger partial charge is 0.378 e. The molecule has 1 aliphatic rings. The van der Waals surface area contributed by atoms with Crippen LogP contribution in [0.15, 0.2) is 0 Å². The predicted octanol–water partition coefficient (Wildman–Crippen LogP) is -0.0607. The van der Waals surface area contributed by atoms with E-state index in [0.29, 0.717) is 32.8 Å². The Hall–Kier alpha value is -1.14. The Kier molecular flexibility index (Phi) is 6.42. The van der Waals surface area contributed by atoms with Crippen molar-refractivity contribution in [1.29, 1.82) is 0 Å². The highest BCUT2D eigenvalue weighted by Gasteiger charge is 2.39. The number of carbonyl (C=O) groups excluding carboxylic acids is 2. The van der Waals surface area contributed by atoms with E-state index in [0.717, 1.165) is 13.0 Å². The van der Waals surface area contributed by atoms with Gasteiger partial charge in [-0.2, -0.15) is 0 Å². The van der Waals surface area contributed by atoms with Gasteiger partial charge in [0.1, 0.15) is 5.41 Å². The van der Waals surface area contributed by atoms with Crippen LogP contribution in [-0.4, -0.2) is 75.1 Å². The molecule has 116 valence electrons. The number of rotatable bonds is 6. The summed E-state index contributed by atoms with van der Waals surface area (Å²) in [6.45, 7) is 7.11. The van der Waals surface area contributed by atoms with E-state index in [1.165, 1.54) is 0 Å². The van der Waals surface area contributed by atoms with Crippen molar-refractivity contribution in [3.8, 4) is 0 Å². The molecule has 6 heteroatoms. The lowest BCUT2D eigenvalue weighted by Crippen LogP contribution is -2.52. The Morgan fingerprint density at radius 2 is 1.85 bits per heavy atom. The standard InChI is InChI=1S/C14H27N3O3/c1-14(2,12(18)15-6-5-7-16(3)4)13(19)17-8-10-20-11-9-17/h5-11H2,1-4H3,(H,15,18). The van der Waals surface area contributed by atoms with Crippen LogP contribution < -0.4 is 5.32 Å². The average molecular weight is 285 g/mol. The van der Waals surface area contributed by atoms with Crippen LogP contribution in [0.2, 0.25) is 0 Å². The fourth-order valence-electron chi connectivity index (χ4n) is 2.08. The number of nitrogens with zero attached hydrogens (tertiary/aromatic N) is 2. The number of amides is 2. The minimum absolute atomic E-state index is 0.120. The first-order chi connectivity index (χ1) is 9.35. The van der Waals surface area contributed by atoms with Crippen molar-refractivity contribution >= 4 is 11.8 Å². The second-order valence-corrected chi connectivity index (χ2v) is 5.94. The molecule has 1 heterocycles. The number of hydrogen-bond acceptors (Lipinski definition) is 4. The summed E-state index contributed by atoms with van der Waals surface area (Å²) in [5, 5.41) is 2.85. The molecule has 1 saturated heterocycles. The zero-order chi connectivity index (χ0) is 15.2. The summed E-state index contributed by atoms with van der Waals surface area (Å²) in [7, 11) is 3.99. The van der Waals surface area contributed by atoms with Gasteiger partial charge >= 0.3 is 0 Å². The van der Waals surface area contributed by atoms with E-state index in [1.54, 1.807) is 18.7 Å². The van der Waals surface area contributed by atoms with Crippen molar-refractivity contribution in [1.82, 2.24) is 15.1 Å². The quantitative estimate of drug-likeness (QED) is 0.548. The predicted molar refractivity (Wildman–Crippen MR) is 77.4 cm³/mol. The number of nitrogens with one attached hydrogen (secondary N) is 1. The van der Waals surface area contributed by atoms with Crippen LogP contribution in [0, 0.1) is 5.41 Å². The third-order valence-corrected chi connectivity index (χ3v) is 3.47. The van der Waals surface area contributed by atoms with E-state index in [9.17, 15) is 9.59 Å². The third kappa shape index (κ3) is 4.76. The van der Waals surface area contributed by atoms with E-state index in [2.05, 4.69) is 10.2 Å². The van der Waals surface area contributed by atoms with Crippen LogP contribution in [0.1, 0.15) is 20.3 Å². The molecule has 1 aliphatic heterocycles. The number of ether oxygens (including phenoxy) is 1.